The molecule has 21 heavy (non-hydrogen) atoms. The van der Waals surface area contributed by atoms with Gasteiger partial charge in [-0.25, -0.2) is 0 Å². The Morgan fingerprint density at radius 3 is 2.86 bits per heavy atom. The summed E-state index contributed by atoms with van der Waals surface area (Å²) in [7, 11) is 3.29. The molecule has 2 rings (SSSR count). The summed E-state index contributed by atoms with van der Waals surface area (Å²) >= 11 is 0. The van der Waals surface area contributed by atoms with Gasteiger partial charge in [-0.2, -0.15) is 0 Å². The van der Waals surface area contributed by atoms with Crippen LogP contribution in [0.2, 0.25) is 0 Å². The number of hydrogen-bond acceptors (Lipinski definition) is 4. The van der Waals surface area contributed by atoms with Crippen LogP contribution in [0.1, 0.15) is 18.4 Å². The van der Waals surface area contributed by atoms with Crippen LogP contribution in [0.25, 0.3) is 0 Å². The second kappa shape index (κ2) is 7.88. The van der Waals surface area contributed by atoms with Gasteiger partial charge in [0.15, 0.2) is 0 Å². The van der Waals surface area contributed by atoms with E-state index in [4.69, 9.17) is 9.47 Å². The van der Waals surface area contributed by atoms with Crippen molar-refractivity contribution in [3.63, 3.8) is 0 Å². The van der Waals surface area contributed by atoms with Gasteiger partial charge in [0.1, 0.15) is 11.5 Å². The third-order valence-corrected chi connectivity index (χ3v) is 3.79. The lowest BCUT2D eigenvalue weighted by Crippen LogP contribution is -2.34. The first-order valence-electron chi connectivity index (χ1n) is 7.44. The van der Waals surface area contributed by atoms with Crippen LogP contribution in [0.15, 0.2) is 18.2 Å². The van der Waals surface area contributed by atoms with Crippen molar-refractivity contribution in [2.75, 3.05) is 40.4 Å². The first-order chi connectivity index (χ1) is 10.2. The molecule has 116 valence electrons. The quantitative estimate of drug-likeness (QED) is 0.892. The molecule has 1 N–H and O–H groups in total. The molecule has 1 aromatic carbocycles. The lowest BCUT2D eigenvalue weighted by molar-refractivity contribution is -0.130. The number of hydrogen-bond donors (Lipinski definition) is 1. The maximum atomic E-state index is 12.3. The number of aryl methyl sites for hydroxylation is 1. The van der Waals surface area contributed by atoms with Gasteiger partial charge in [0.2, 0.25) is 5.91 Å². The summed E-state index contributed by atoms with van der Waals surface area (Å²) in [6, 6.07) is 5.69. The molecule has 5 nitrogen and oxygen atoms in total. The van der Waals surface area contributed by atoms with Crippen molar-refractivity contribution in [1.82, 2.24) is 10.2 Å². The molecule has 0 bridgehead atoms. The van der Waals surface area contributed by atoms with Gasteiger partial charge >= 0.3 is 0 Å². The zero-order chi connectivity index (χ0) is 15.1. The summed E-state index contributed by atoms with van der Waals surface area (Å²) < 4.78 is 10.6. The maximum Gasteiger partial charge on any atom is 0.222 e. The first-order valence-corrected chi connectivity index (χ1v) is 7.44. The van der Waals surface area contributed by atoms with Crippen molar-refractivity contribution in [3.8, 4) is 11.5 Å². The van der Waals surface area contributed by atoms with Crippen LogP contribution in [0.4, 0.5) is 0 Å². The molecule has 1 fully saturated rings. The number of rotatable bonds is 5. The Labute approximate surface area is 126 Å². The van der Waals surface area contributed by atoms with Crippen LogP contribution >= 0.6 is 0 Å². The summed E-state index contributed by atoms with van der Waals surface area (Å²) in [6.45, 7) is 3.52. The highest BCUT2D eigenvalue weighted by Gasteiger charge is 2.16. The van der Waals surface area contributed by atoms with Gasteiger partial charge in [-0.3, -0.25) is 4.79 Å². The normalized spacial score (nSPS) is 15.4. The van der Waals surface area contributed by atoms with E-state index < -0.39 is 0 Å². The van der Waals surface area contributed by atoms with E-state index in [1.54, 1.807) is 14.2 Å². The van der Waals surface area contributed by atoms with E-state index in [1.165, 1.54) is 0 Å². The SMILES string of the molecule is COc1ccc(OC)c(CCC(=O)N2CCCNCC2)c1. The van der Waals surface area contributed by atoms with Crippen molar-refractivity contribution >= 4 is 5.91 Å². The predicted molar refractivity (Wildman–Crippen MR) is 81.9 cm³/mol. The molecule has 1 saturated heterocycles. The summed E-state index contributed by atoms with van der Waals surface area (Å²) in [5.74, 6) is 1.81. The summed E-state index contributed by atoms with van der Waals surface area (Å²) in [5, 5.41) is 3.31. The minimum absolute atomic E-state index is 0.212. The number of nitrogens with zero attached hydrogens (tertiary/aromatic N) is 1. The highest BCUT2D eigenvalue weighted by atomic mass is 16.5. The smallest absolute Gasteiger partial charge is 0.222 e. The Bertz CT molecular complexity index is 469. The zero-order valence-corrected chi connectivity index (χ0v) is 12.9. The van der Waals surface area contributed by atoms with Gasteiger partial charge in [-0.15, -0.1) is 0 Å². The number of carbonyl (C=O) groups excluding carboxylic acids is 1. The molecule has 0 atom stereocenters. The Morgan fingerprint density at radius 1 is 1.24 bits per heavy atom. The summed E-state index contributed by atoms with van der Waals surface area (Å²) in [6.07, 6.45) is 2.20. The van der Waals surface area contributed by atoms with E-state index in [9.17, 15) is 4.79 Å². The van der Waals surface area contributed by atoms with Crippen molar-refractivity contribution in [1.29, 1.82) is 0 Å². The van der Waals surface area contributed by atoms with Gasteiger partial charge in [-0.05, 0) is 43.1 Å². The molecule has 1 amide bonds. The topological polar surface area (TPSA) is 50.8 Å². The lowest BCUT2D eigenvalue weighted by Gasteiger charge is -2.20. The van der Waals surface area contributed by atoms with Crippen molar-refractivity contribution < 1.29 is 14.3 Å². The molecule has 1 aliphatic rings. The molecule has 5 heteroatoms. The van der Waals surface area contributed by atoms with Crippen molar-refractivity contribution in [3.05, 3.63) is 23.8 Å². The number of methoxy groups -OCH3 is 2. The fraction of sp³-hybridized carbons (Fsp3) is 0.562. The van der Waals surface area contributed by atoms with E-state index in [0.717, 1.165) is 49.7 Å². The highest BCUT2D eigenvalue weighted by Crippen LogP contribution is 2.25. The maximum absolute atomic E-state index is 12.3. The second-order valence-corrected chi connectivity index (χ2v) is 5.16. The largest absolute Gasteiger partial charge is 0.497 e. The number of benzene rings is 1. The Hall–Kier alpha value is -1.75. The van der Waals surface area contributed by atoms with Crippen LogP contribution < -0.4 is 14.8 Å². The fourth-order valence-electron chi connectivity index (χ4n) is 2.57. The molecule has 0 aromatic heterocycles. The minimum atomic E-state index is 0.212. The van der Waals surface area contributed by atoms with Gasteiger partial charge in [0.05, 0.1) is 14.2 Å². The van der Waals surface area contributed by atoms with Crippen LogP contribution in [0, 0.1) is 0 Å². The van der Waals surface area contributed by atoms with E-state index in [2.05, 4.69) is 5.32 Å². The molecule has 0 aliphatic carbocycles. The molecular formula is C16H24N2O3. The van der Waals surface area contributed by atoms with Crippen molar-refractivity contribution in [2.24, 2.45) is 0 Å². The van der Waals surface area contributed by atoms with Gasteiger partial charge in [0, 0.05) is 26.1 Å². The number of amides is 1. The predicted octanol–water partition coefficient (Wildman–Crippen LogP) is 1.46. The van der Waals surface area contributed by atoms with Crippen molar-refractivity contribution in [2.45, 2.75) is 19.3 Å². The zero-order valence-electron chi connectivity index (χ0n) is 12.9. The van der Waals surface area contributed by atoms with Gasteiger partial charge in [0.25, 0.3) is 0 Å². The fourth-order valence-corrected chi connectivity index (χ4v) is 2.57. The van der Waals surface area contributed by atoms with Crippen LogP contribution in [-0.2, 0) is 11.2 Å². The molecule has 1 aromatic rings. The van der Waals surface area contributed by atoms with E-state index in [-0.39, 0.29) is 5.91 Å². The number of nitrogens with one attached hydrogen (secondary N) is 1. The minimum Gasteiger partial charge on any atom is -0.497 e. The number of carbonyl (C=O) groups is 1. The summed E-state index contributed by atoms with van der Waals surface area (Å²) in [4.78, 5) is 14.3. The molecule has 0 radical (unpaired) electrons. The highest BCUT2D eigenvalue weighted by molar-refractivity contribution is 5.76. The molecule has 1 heterocycles. The van der Waals surface area contributed by atoms with Gasteiger partial charge in [-0.1, -0.05) is 0 Å². The standard InChI is InChI=1S/C16H24N2O3/c1-20-14-5-6-15(21-2)13(12-14)4-7-16(19)18-10-3-8-17-9-11-18/h5-6,12,17H,3-4,7-11H2,1-2H3. The van der Waals surface area contributed by atoms with E-state index in [1.807, 2.05) is 23.1 Å². The number of ether oxygens (including phenoxy) is 2. The summed E-state index contributed by atoms with van der Waals surface area (Å²) in [5.41, 5.74) is 1.01. The average Bonchev–Trinajstić information content (AvgIpc) is 2.81. The van der Waals surface area contributed by atoms with E-state index >= 15 is 0 Å². The third kappa shape index (κ3) is 4.36. The van der Waals surface area contributed by atoms with E-state index in [0.29, 0.717) is 12.8 Å². The van der Waals surface area contributed by atoms with Gasteiger partial charge < -0.3 is 19.7 Å². The molecular weight excluding hydrogens is 268 g/mol. The second-order valence-electron chi connectivity index (χ2n) is 5.16. The first kappa shape index (κ1) is 15.6. The Kier molecular flexibility index (Phi) is 5.87. The third-order valence-electron chi connectivity index (χ3n) is 3.79. The monoisotopic (exact) mass is 292 g/mol. The molecule has 0 saturated carbocycles. The Balaban J connectivity index is 1.96. The van der Waals surface area contributed by atoms with Crippen LogP contribution in [0.3, 0.4) is 0 Å². The van der Waals surface area contributed by atoms with Crippen LogP contribution in [0.5, 0.6) is 11.5 Å². The Morgan fingerprint density at radius 2 is 2.10 bits per heavy atom. The molecule has 0 unspecified atom stereocenters. The molecule has 0 spiro atoms. The average molecular weight is 292 g/mol. The lowest BCUT2D eigenvalue weighted by atomic mass is 10.1. The van der Waals surface area contributed by atoms with Crippen LogP contribution in [-0.4, -0.2) is 51.2 Å². The molecule has 1 aliphatic heterocycles.